The molecule has 56 heavy (non-hydrogen) atoms. The van der Waals surface area contributed by atoms with Crippen molar-refractivity contribution in [2.24, 2.45) is 0 Å². The second-order valence-corrected chi connectivity index (χ2v) is 15.9. The van der Waals surface area contributed by atoms with Crippen LogP contribution in [-0.2, 0) is 5.41 Å². The molecule has 2 heteroatoms. The summed E-state index contributed by atoms with van der Waals surface area (Å²) in [5.74, 6) is 0.104. The predicted octanol–water partition coefficient (Wildman–Crippen LogP) is 13.9. The number of aromatic nitrogens is 1. The number of nitrogens with zero attached hydrogens (tertiary/aromatic N) is 1. The minimum absolute atomic E-state index is 0.104. The Morgan fingerprint density at radius 3 is 1.45 bits per heavy atom. The molecule has 1 aliphatic rings. The third-order valence-electron chi connectivity index (χ3n) is 11.8. The zero-order valence-electron chi connectivity index (χ0n) is 32.1. The maximum Gasteiger partial charge on any atom is 0.193 e. The van der Waals surface area contributed by atoms with Gasteiger partial charge in [0.25, 0.3) is 0 Å². The Morgan fingerprint density at radius 1 is 0.393 bits per heavy atom. The minimum atomic E-state index is -0.305. The van der Waals surface area contributed by atoms with Gasteiger partial charge in [0.2, 0.25) is 0 Å². The summed E-state index contributed by atoms with van der Waals surface area (Å²) in [5, 5.41) is 2.40. The highest BCUT2D eigenvalue weighted by Crippen LogP contribution is 2.44. The van der Waals surface area contributed by atoms with Gasteiger partial charge in [-0.25, -0.2) is 0 Å². The normalized spacial score (nSPS) is 13.2. The molecule has 1 heterocycles. The molecule has 0 atom stereocenters. The van der Waals surface area contributed by atoms with Crippen molar-refractivity contribution in [1.29, 1.82) is 0 Å². The van der Waals surface area contributed by atoms with Crippen molar-refractivity contribution >= 4 is 27.6 Å². The fourth-order valence-corrected chi connectivity index (χ4v) is 9.08. The highest BCUT2D eigenvalue weighted by Gasteiger charge is 2.36. The van der Waals surface area contributed by atoms with Crippen LogP contribution in [0, 0.1) is 13.8 Å². The average Bonchev–Trinajstić information content (AvgIpc) is 3.56. The van der Waals surface area contributed by atoms with E-state index >= 15 is 0 Å². The van der Waals surface area contributed by atoms with Crippen molar-refractivity contribution in [3.05, 3.63) is 209 Å². The molecule has 268 valence electrons. The number of carbonyl (C=O) groups excluding carboxylic acids is 1. The molecule has 0 spiro atoms. The van der Waals surface area contributed by atoms with Crippen LogP contribution in [0.4, 0.5) is 0 Å². The fourth-order valence-electron chi connectivity index (χ4n) is 9.08. The number of hydrogen-bond acceptors (Lipinski definition) is 1. The third kappa shape index (κ3) is 5.52. The van der Waals surface area contributed by atoms with Gasteiger partial charge >= 0.3 is 0 Å². The van der Waals surface area contributed by atoms with Gasteiger partial charge in [-0.05, 0) is 141 Å². The smallest absolute Gasteiger partial charge is 0.193 e. The van der Waals surface area contributed by atoms with Crippen molar-refractivity contribution in [2.75, 3.05) is 0 Å². The summed E-state index contributed by atoms with van der Waals surface area (Å²) >= 11 is 0. The van der Waals surface area contributed by atoms with E-state index in [0.717, 1.165) is 44.6 Å². The first kappa shape index (κ1) is 33.8. The first-order valence-electron chi connectivity index (χ1n) is 19.5. The fraction of sp³-hybridized carbons (Fsp3) is 0.0926. The summed E-state index contributed by atoms with van der Waals surface area (Å²) in [6.45, 7) is 8.81. The Balaban J connectivity index is 1.18. The maximum absolute atomic E-state index is 13.7. The van der Waals surface area contributed by atoms with E-state index in [-0.39, 0.29) is 11.2 Å². The molecule has 0 aliphatic heterocycles. The molecule has 0 bridgehead atoms. The molecule has 2 nitrogen and oxygen atoms in total. The molecular weight excluding hydrogens is 679 g/mol. The van der Waals surface area contributed by atoms with Crippen LogP contribution in [0.3, 0.4) is 0 Å². The van der Waals surface area contributed by atoms with Crippen LogP contribution in [0.2, 0.25) is 0 Å². The number of hydrogen-bond donors (Lipinski definition) is 0. The van der Waals surface area contributed by atoms with Gasteiger partial charge in [0.1, 0.15) is 0 Å². The van der Waals surface area contributed by atoms with E-state index < -0.39 is 0 Å². The minimum Gasteiger partial charge on any atom is -0.309 e. The molecule has 0 amide bonds. The Morgan fingerprint density at radius 2 is 0.857 bits per heavy atom. The lowest BCUT2D eigenvalue weighted by Crippen LogP contribution is -2.30. The number of rotatable bonds is 5. The molecule has 0 N–H and O–H groups in total. The van der Waals surface area contributed by atoms with Gasteiger partial charge in [-0.15, -0.1) is 0 Å². The summed E-state index contributed by atoms with van der Waals surface area (Å²) < 4.78 is 2.42. The second-order valence-electron chi connectivity index (χ2n) is 15.9. The van der Waals surface area contributed by atoms with Gasteiger partial charge in [0.05, 0.1) is 11.0 Å². The highest BCUT2D eigenvalue weighted by molar-refractivity contribution is 6.14. The molecule has 9 aromatic rings. The molecule has 8 aromatic carbocycles. The van der Waals surface area contributed by atoms with Crippen LogP contribution in [0.25, 0.3) is 72.0 Å². The Hall–Kier alpha value is -6.77. The molecule has 0 radical (unpaired) electrons. The molecule has 0 saturated heterocycles. The summed E-state index contributed by atoms with van der Waals surface area (Å²) in [6, 6.07) is 63.4. The van der Waals surface area contributed by atoms with Crippen molar-refractivity contribution in [3.8, 4) is 50.2 Å². The Kier molecular flexibility index (Phi) is 7.80. The van der Waals surface area contributed by atoms with E-state index in [1.54, 1.807) is 0 Å². The van der Waals surface area contributed by atoms with E-state index in [4.69, 9.17) is 0 Å². The SMILES string of the molecule is Cc1cc(C)cc(-n2c3ccc(-c4cc(-c5ccccc5)cc(-c5ccccc5)c4)cc3c3cc(-c4ccc5c(c4)C(C)(C)c4ccccc4C5=O)ccc32)c1. The average molecular weight is 720 g/mol. The van der Waals surface area contributed by atoms with E-state index in [0.29, 0.717) is 0 Å². The summed E-state index contributed by atoms with van der Waals surface area (Å²) in [4.78, 5) is 13.7. The first-order valence-corrected chi connectivity index (χ1v) is 19.5. The topological polar surface area (TPSA) is 22.0 Å². The summed E-state index contributed by atoms with van der Waals surface area (Å²) in [5.41, 5.74) is 18.8. The van der Waals surface area contributed by atoms with Crippen molar-refractivity contribution in [2.45, 2.75) is 33.1 Å². The monoisotopic (exact) mass is 719 g/mol. The van der Waals surface area contributed by atoms with Gasteiger partial charge in [-0.1, -0.05) is 129 Å². The van der Waals surface area contributed by atoms with Crippen molar-refractivity contribution in [3.63, 3.8) is 0 Å². The molecule has 1 aromatic heterocycles. The van der Waals surface area contributed by atoms with Crippen molar-refractivity contribution < 1.29 is 4.79 Å². The van der Waals surface area contributed by atoms with Crippen LogP contribution < -0.4 is 0 Å². The predicted molar refractivity (Wildman–Crippen MR) is 234 cm³/mol. The van der Waals surface area contributed by atoms with Crippen molar-refractivity contribution in [1.82, 2.24) is 4.57 Å². The quantitative estimate of drug-likeness (QED) is 0.174. The maximum atomic E-state index is 13.7. The van der Waals surface area contributed by atoms with Crippen LogP contribution in [-0.4, -0.2) is 10.4 Å². The van der Waals surface area contributed by atoms with Gasteiger partial charge < -0.3 is 4.57 Å². The second kappa shape index (κ2) is 12.9. The number of ketones is 1. The van der Waals surface area contributed by atoms with Crippen LogP contribution in [0.15, 0.2) is 176 Å². The standard InChI is InChI=1S/C54H41NO/c1-34-25-35(2)27-44(26-34)55-51-23-20-38(40-19-22-46-50(33-40)54(3,4)49-18-12-11-17-45(49)53(46)56)31-47(51)48-32-39(21-24-52(48)55)43-29-41(36-13-7-5-8-14-36)28-42(30-43)37-15-9-6-10-16-37/h5-33H,1-4H3. The largest absolute Gasteiger partial charge is 0.309 e. The van der Waals surface area contributed by atoms with Gasteiger partial charge in [-0.3, -0.25) is 4.79 Å². The lowest BCUT2D eigenvalue weighted by atomic mass is 9.68. The molecule has 1 aliphatic carbocycles. The molecular formula is C54H41NO. The first-order chi connectivity index (χ1) is 27.2. The van der Waals surface area contributed by atoms with E-state index in [1.165, 1.54) is 60.8 Å². The number of fused-ring (bicyclic) bond motifs is 5. The summed E-state index contributed by atoms with van der Waals surface area (Å²) in [6.07, 6.45) is 0. The van der Waals surface area contributed by atoms with E-state index in [1.807, 2.05) is 24.3 Å². The Bertz CT molecular complexity index is 2940. The lowest BCUT2D eigenvalue weighted by Gasteiger charge is -2.34. The number of carbonyl (C=O) groups is 1. The molecule has 0 saturated carbocycles. The van der Waals surface area contributed by atoms with Gasteiger partial charge in [-0.2, -0.15) is 0 Å². The molecule has 10 rings (SSSR count). The molecule has 0 fully saturated rings. The lowest BCUT2D eigenvalue weighted by molar-refractivity contribution is 0.103. The van der Waals surface area contributed by atoms with Crippen LogP contribution >= 0.6 is 0 Å². The zero-order chi connectivity index (χ0) is 38.1. The van der Waals surface area contributed by atoms with Gasteiger partial charge in [0, 0.05) is 33.0 Å². The zero-order valence-corrected chi connectivity index (χ0v) is 32.1. The number of benzene rings is 8. The molecule has 0 unspecified atom stereocenters. The van der Waals surface area contributed by atoms with Crippen LogP contribution in [0.1, 0.15) is 52.0 Å². The summed E-state index contributed by atoms with van der Waals surface area (Å²) in [7, 11) is 0. The van der Waals surface area contributed by atoms with E-state index in [2.05, 4.69) is 184 Å². The highest BCUT2D eigenvalue weighted by atomic mass is 16.1. The van der Waals surface area contributed by atoms with Gasteiger partial charge in [0.15, 0.2) is 5.78 Å². The third-order valence-corrected chi connectivity index (χ3v) is 11.8. The Labute approximate surface area is 328 Å². The van der Waals surface area contributed by atoms with Crippen LogP contribution in [0.5, 0.6) is 0 Å². The number of aryl methyl sites for hydroxylation is 2. The van der Waals surface area contributed by atoms with E-state index in [9.17, 15) is 4.79 Å².